The molecule has 92 valence electrons. The van der Waals surface area contributed by atoms with Crippen LogP contribution in [0, 0.1) is 0 Å². The molecule has 0 aromatic carbocycles. The number of hydrogen-bond acceptors (Lipinski definition) is 2. The lowest BCUT2D eigenvalue weighted by molar-refractivity contribution is -0.145. The normalized spacial score (nSPS) is 16.1. The van der Waals surface area contributed by atoms with Gasteiger partial charge in [0.1, 0.15) is 0 Å². The monoisotopic (exact) mass is 226 g/mol. The molecule has 0 atom stereocenters. The summed E-state index contributed by atoms with van der Waals surface area (Å²) in [5.74, 6) is -0.842. The third-order valence-electron chi connectivity index (χ3n) is 3.08. The van der Waals surface area contributed by atoms with E-state index in [9.17, 15) is 9.59 Å². The fourth-order valence-electron chi connectivity index (χ4n) is 1.99. The van der Waals surface area contributed by atoms with Crippen LogP contribution in [0.2, 0.25) is 0 Å². The molecule has 0 spiro atoms. The molecular formula is C12H22N2O2. The van der Waals surface area contributed by atoms with Gasteiger partial charge in [0.25, 0.3) is 0 Å². The fraction of sp³-hybridized carbons (Fsp3) is 0.833. The average molecular weight is 226 g/mol. The molecular weight excluding hydrogens is 204 g/mol. The van der Waals surface area contributed by atoms with Gasteiger partial charge < -0.3 is 10.2 Å². The molecule has 0 unspecified atom stereocenters. The van der Waals surface area contributed by atoms with Crippen LogP contribution in [-0.4, -0.2) is 36.3 Å². The summed E-state index contributed by atoms with van der Waals surface area (Å²) in [7, 11) is 1.69. The van der Waals surface area contributed by atoms with Crippen LogP contribution >= 0.6 is 0 Å². The number of likely N-dealkylation sites (N-methyl/N-ethyl adjacent to an activating group) is 1. The van der Waals surface area contributed by atoms with E-state index in [1.807, 2.05) is 0 Å². The van der Waals surface area contributed by atoms with Crippen molar-refractivity contribution in [1.82, 2.24) is 10.2 Å². The predicted octanol–water partition coefficient (Wildman–Crippen LogP) is 1.30. The molecule has 1 rings (SSSR count). The lowest BCUT2D eigenvalue weighted by Crippen LogP contribution is -2.44. The van der Waals surface area contributed by atoms with Gasteiger partial charge in [-0.1, -0.05) is 26.2 Å². The standard InChI is InChI=1S/C12H22N2O2/c1-3-4-9-14(2)12(16)11(15)13-10-7-5-6-8-10/h10H,3-9H2,1-2H3,(H,13,15). The van der Waals surface area contributed by atoms with Crippen molar-refractivity contribution in [3.63, 3.8) is 0 Å². The van der Waals surface area contributed by atoms with Gasteiger partial charge in [0.15, 0.2) is 0 Å². The first kappa shape index (κ1) is 13.0. The van der Waals surface area contributed by atoms with Gasteiger partial charge in [-0.2, -0.15) is 0 Å². The van der Waals surface area contributed by atoms with Crippen molar-refractivity contribution in [1.29, 1.82) is 0 Å². The van der Waals surface area contributed by atoms with E-state index in [-0.39, 0.29) is 6.04 Å². The lowest BCUT2D eigenvalue weighted by Gasteiger charge is -2.18. The van der Waals surface area contributed by atoms with Crippen LogP contribution in [0.1, 0.15) is 45.4 Å². The van der Waals surface area contributed by atoms with Gasteiger partial charge in [-0.05, 0) is 19.3 Å². The molecule has 4 heteroatoms. The summed E-state index contributed by atoms with van der Waals surface area (Å²) in [6.07, 6.45) is 6.31. The molecule has 1 aliphatic rings. The molecule has 0 bridgehead atoms. The first-order valence-electron chi connectivity index (χ1n) is 6.21. The Labute approximate surface area is 97.4 Å². The third kappa shape index (κ3) is 3.83. The Morgan fingerprint density at radius 2 is 1.94 bits per heavy atom. The Hall–Kier alpha value is -1.06. The number of nitrogens with zero attached hydrogens (tertiary/aromatic N) is 1. The quantitative estimate of drug-likeness (QED) is 0.735. The molecule has 4 nitrogen and oxygen atoms in total. The second-order valence-electron chi connectivity index (χ2n) is 4.54. The molecule has 0 aliphatic heterocycles. The van der Waals surface area contributed by atoms with Gasteiger partial charge in [0.05, 0.1) is 0 Å². The number of rotatable bonds is 4. The van der Waals surface area contributed by atoms with Gasteiger partial charge in [0.2, 0.25) is 0 Å². The van der Waals surface area contributed by atoms with Crippen molar-refractivity contribution in [2.45, 2.75) is 51.5 Å². The molecule has 0 saturated heterocycles. The van der Waals surface area contributed by atoms with E-state index in [0.717, 1.165) is 38.5 Å². The predicted molar refractivity (Wildman–Crippen MR) is 62.9 cm³/mol. The van der Waals surface area contributed by atoms with Crippen LogP contribution in [0.4, 0.5) is 0 Å². The Kier molecular flexibility index (Phi) is 5.29. The molecule has 1 aliphatic carbocycles. The van der Waals surface area contributed by atoms with E-state index in [1.54, 1.807) is 7.05 Å². The summed E-state index contributed by atoms with van der Waals surface area (Å²) in [6, 6.07) is 0.219. The zero-order valence-electron chi connectivity index (χ0n) is 10.3. The van der Waals surface area contributed by atoms with Gasteiger partial charge in [-0.15, -0.1) is 0 Å². The summed E-state index contributed by atoms with van der Waals surface area (Å²) >= 11 is 0. The molecule has 1 N–H and O–H groups in total. The second-order valence-corrected chi connectivity index (χ2v) is 4.54. The summed E-state index contributed by atoms with van der Waals surface area (Å²) in [6.45, 7) is 2.73. The van der Waals surface area contributed by atoms with Crippen molar-refractivity contribution < 1.29 is 9.59 Å². The highest BCUT2D eigenvalue weighted by atomic mass is 16.2. The Morgan fingerprint density at radius 3 is 2.50 bits per heavy atom. The Balaban J connectivity index is 2.31. The number of hydrogen-bond donors (Lipinski definition) is 1. The molecule has 2 amide bonds. The van der Waals surface area contributed by atoms with Crippen LogP contribution in [0.15, 0.2) is 0 Å². The lowest BCUT2D eigenvalue weighted by atomic mass is 10.2. The molecule has 0 aromatic heterocycles. The summed E-state index contributed by atoms with van der Waals surface area (Å²) < 4.78 is 0. The van der Waals surface area contributed by atoms with E-state index in [0.29, 0.717) is 6.54 Å². The summed E-state index contributed by atoms with van der Waals surface area (Å²) in [5.41, 5.74) is 0. The van der Waals surface area contributed by atoms with Crippen molar-refractivity contribution in [2.75, 3.05) is 13.6 Å². The Morgan fingerprint density at radius 1 is 1.31 bits per heavy atom. The van der Waals surface area contributed by atoms with Crippen LogP contribution < -0.4 is 5.32 Å². The highest BCUT2D eigenvalue weighted by molar-refractivity contribution is 6.35. The minimum Gasteiger partial charge on any atom is -0.345 e. The fourth-order valence-corrected chi connectivity index (χ4v) is 1.99. The average Bonchev–Trinajstić information content (AvgIpc) is 2.77. The molecule has 0 aromatic rings. The highest BCUT2D eigenvalue weighted by Crippen LogP contribution is 2.17. The maximum Gasteiger partial charge on any atom is 0.311 e. The molecule has 1 saturated carbocycles. The first-order valence-corrected chi connectivity index (χ1v) is 6.21. The smallest absolute Gasteiger partial charge is 0.311 e. The highest BCUT2D eigenvalue weighted by Gasteiger charge is 2.23. The minimum atomic E-state index is -0.439. The van der Waals surface area contributed by atoms with Crippen molar-refractivity contribution in [3.8, 4) is 0 Å². The number of nitrogens with one attached hydrogen (secondary N) is 1. The van der Waals surface area contributed by atoms with Crippen molar-refractivity contribution >= 4 is 11.8 Å². The summed E-state index contributed by atoms with van der Waals surface area (Å²) in [4.78, 5) is 24.8. The van der Waals surface area contributed by atoms with Crippen molar-refractivity contribution in [2.24, 2.45) is 0 Å². The molecule has 0 radical (unpaired) electrons. The maximum atomic E-state index is 11.7. The third-order valence-corrected chi connectivity index (χ3v) is 3.08. The van der Waals surface area contributed by atoms with Gasteiger partial charge in [-0.25, -0.2) is 0 Å². The maximum absolute atomic E-state index is 11.7. The van der Waals surface area contributed by atoms with Crippen LogP contribution in [0.3, 0.4) is 0 Å². The summed E-state index contributed by atoms with van der Waals surface area (Å²) in [5, 5.41) is 2.81. The number of unbranched alkanes of at least 4 members (excludes halogenated alkanes) is 1. The van der Waals surface area contributed by atoms with E-state index >= 15 is 0 Å². The SMILES string of the molecule is CCCCN(C)C(=O)C(=O)NC1CCCC1. The van der Waals surface area contributed by atoms with Crippen LogP contribution in [0.5, 0.6) is 0 Å². The van der Waals surface area contributed by atoms with Gasteiger partial charge in [0, 0.05) is 19.6 Å². The number of carbonyl (C=O) groups is 2. The molecule has 0 heterocycles. The Bertz CT molecular complexity index is 247. The van der Waals surface area contributed by atoms with E-state index in [1.165, 1.54) is 4.90 Å². The largest absolute Gasteiger partial charge is 0.345 e. The van der Waals surface area contributed by atoms with E-state index in [2.05, 4.69) is 12.2 Å². The van der Waals surface area contributed by atoms with Gasteiger partial charge in [-0.3, -0.25) is 9.59 Å². The molecule has 1 fully saturated rings. The van der Waals surface area contributed by atoms with Crippen molar-refractivity contribution in [3.05, 3.63) is 0 Å². The zero-order valence-corrected chi connectivity index (χ0v) is 10.3. The first-order chi connectivity index (χ1) is 7.65. The molecule has 16 heavy (non-hydrogen) atoms. The number of amides is 2. The van der Waals surface area contributed by atoms with Crippen LogP contribution in [-0.2, 0) is 9.59 Å². The zero-order chi connectivity index (χ0) is 12.0. The van der Waals surface area contributed by atoms with E-state index < -0.39 is 11.8 Å². The minimum absolute atomic E-state index is 0.219. The second kappa shape index (κ2) is 6.51. The van der Waals surface area contributed by atoms with E-state index in [4.69, 9.17) is 0 Å². The number of carbonyl (C=O) groups excluding carboxylic acids is 2. The van der Waals surface area contributed by atoms with Crippen LogP contribution in [0.25, 0.3) is 0 Å². The topological polar surface area (TPSA) is 49.4 Å². The van der Waals surface area contributed by atoms with Gasteiger partial charge >= 0.3 is 11.8 Å².